The highest BCUT2D eigenvalue weighted by atomic mass is 35.5. The third-order valence-electron chi connectivity index (χ3n) is 3.44. The molecule has 0 saturated carbocycles. The lowest BCUT2D eigenvalue weighted by Gasteiger charge is -2.37. The van der Waals surface area contributed by atoms with Gasteiger partial charge in [0.05, 0.1) is 11.9 Å². The monoisotopic (exact) mass is 270 g/mol. The van der Waals surface area contributed by atoms with Gasteiger partial charge in [0.15, 0.2) is 0 Å². The van der Waals surface area contributed by atoms with Crippen LogP contribution in [0.1, 0.15) is 19.3 Å². The smallest absolute Gasteiger partial charge is 0.287 e. The molecular formula is C12H19ClN4O. The number of piperidine rings is 1. The maximum absolute atomic E-state index is 11.8. The number of nitrogens with zero attached hydrogens (tertiary/aromatic N) is 3. The fourth-order valence-electron chi connectivity index (χ4n) is 2.47. The number of rotatable bonds is 3. The standard InChI is InChI=1S/C12H19ClN4O/c1-14-7-9-5-3-4-6-17(9)10-8-15-16(2)12(18)11(10)13/h8-9,14H,3-7H2,1-2H3. The molecule has 100 valence electrons. The number of nitrogens with one attached hydrogen (secondary N) is 1. The van der Waals surface area contributed by atoms with Crippen LogP contribution in [0.5, 0.6) is 0 Å². The predicted octanol–water partition coefficient (Wildman–Crippen LogP) is 1.01. The SMILES string of the molecule is CNCC1CCCCN1c1cnn(C)c(=O)c1Cl. The Hall–Kier alpha value is -1.07. The Balaban J connectivity index is 2.34. The highest BCUT2D eigenvalue weighted by Gasteiger charge is 2.25. The van der Waals surface area contributed by atoms with Crippen LogP contribution in [0.2, 0.25) is 5.02 Å². The van der Waals surface area contributed by atoms with E-state index in [9.17, 15) is 4.79 Å². The van der Waals surface area contributed by atoms with Gasteiger partial charge in [0, 0.05) is 26.2 Å². The molecule has 5 nitrogen and oxygen atoms in total. The summed E-state index contributed by atoms with van der Waals surface area (Å²) in [5, 5.41) is 7.53. The number of hydrogen-bond acceptors (Lipinski definition) is 4. The van der Waals surface area contributed by atoms with Gasteiger partial charge in [-0.25, -0.2) is 4.68 Å². The average Bonchev–Trinajstić information content (AvgIpc) is 2.38. The van der Waals surface area contributed by atoms with Crippen LogP contribution in [-0.2, 0) is 7.05 Å². The lowest BCUT2D eigenvalue weighted by Crippen LogP contribution is -2.45. The summed E-state index contributed by atoms with van der Waals surface area (Å²) in [4.78, 5) is 14.0. The number of halogens is 1. The van der Waals surface area contributed by atoms with E-state index in [4.69, 9.17) is 11.6 Å². The van der Waals surface area contributed by atoms with Crippen molar-refractivity contribution in [2.45, 2.75) is 25.3 Å². The molecule has 1 saturated heterocycles. The Morgan fingerprint density at radius 1 is 1.56 bits per heavy atom. The van der Waals surface area contributed by atoms with Gasteiger partial charge in [-0.05, 0) is 26.3 Å². The summed E-state index contributed by atoms with van der Waals surface area (Å²) < 4.78 is 1.27. The van der Waals surface area contributed by atoms with E-state index in [1.54, 1.807) is 13.2 Å². The van der Waals surface area contributed by atoms with Gasteiger partial charge in [-0.3, -0.25) is 4.79 Å². The number of hydrogen-bond donors (Lipinski definition) is 1. The number of aryl methyl sites for hydroxylation is 1. The molecule has 1 N–H and O–H groups in total. The van der Waals surface area contributed by atoms with Crippen molar-refractivity contribution in [1.82, 2.24) is 15.1 Å². The second-order valence-corrected chi connectivity index (χ2v) is 5.05. The fourth-order valence-corrected chi connectivity index (χ4v) is 2.75. The molecule has 0 aliphatic carbocycles. The minimum atomic E-state index is -0.233. The van der Waals surface area contributed by atoms with Crippen molar-refractivity contribution < 1.29 is 0 Å². The van der Waals surface area contributed by atoms with Crippen LogP contribution >= 0.6 is 11.6 Å². The van der Waals surface area contributed by atoms with Gasteiger partial charge in [-0.1, -0.05) is 11.6 Å². The Bertz CT molecular complexity index is 472. The third-order valence-corrected chi connectivity index (χ3v) is 3.79. The van der Waals surface area contributed by atoms with Crippen LogP contribution in [0.25, 0.3) is 0 Å². The lowest BCUT2D eigenvalue weighted by molar-refractivity contribution is 0.445. The van der Waals surface area contributed by atoms with E-state index < -0.39 is 0 Å². The summed E-state index contributed by atoms with van der Waals surface area (Å²) in [6.45, 7) is 1.83. The Kier molecular flexibility index (Phi) is 4.24. The van der Waals surface area contributed by atoms with Crippen molar-refractivity contribution in [3.63, 3.8) is 0 Å². The molecule has 1 unspecified atom stereocenters. The first-order chi connectivity index (χ1) is 8.65. The van der Waals surface area contributed by atoms with Gasteiger partial charge in [-0.15, -0.1) is 0 Å². The summed E-state index contributed by atoms with van der Waals surface area (Å²) in [5.41, 5.74) is 0.530. The second-order valence-electron chi connectivity index (χ2n) is 4.67. The van der Waals surface area contributed by atoms with E-state index in [2.05, 4.69) is 15.3 Å². The summed E-state index contributed by atoms with van der Waals surface area (Å²) in [7, 11) is 3.55. The maximum Gasteiger partial charge on any atom is 0.287 e. The van der Waals surface area contributed by atoms with Gasteiger partial charge >= 0.3 is 0 Å². The zero-order chi connectivity index (χ0) is 13.1. The quantitative estimate of drug-likeness (QED) is 0.891. The van der Waals surface area contributed by atoms with Crippen molar-refractivity contribution >= 4 is 17.3 Å². The molecule has 1 atom stereocenters. The van der Waals surface area contributed by atoms with E-state index in [1.165, 1.54) is 11.1 Å². The summed E-state index contributed by atoms with van der Waals surface area (Å²) in [5.74, 6) is 0. The minimum Gasteiger partial charge on any atom is -0.365 e. The highest BCUT2D eigenvalue weighted by molar-refractivity contribution is 6.33. The number of anilines is 1. The van der Waals surface area contributed by atoms with E-state index in [-0.39, 0.29) is 10.6 Å². The van der Waals surface area contributed by atoms with Gasteiger partial charge in [0.25, 0.3) is 5.56 Å². The number of aromatic nitrogens is 2. The molecule has 0 amide bonds. The average molecular weight is 271 g/mol. The van der Waals surface area contributed by atoms with Crippen LogP contribution in [-0.4, -0.2) is 36.0 Å². The number of likely N-dealkylation sites (N-methyl/N-ethyl adjacent to an activating group) is 1. The van der Waals surface area contributed by atoms with Gasteiger partial charge in [0.2, 0.25) is 0 Å². The molecule has 1 aromatic rings. The lowest BCUT2D eigenvalue weighted by atomic mass is 10.0. The Morgan fingerprint density at radius 3 is 3.06 bits per heavy atom. The topological polar surface area (TPSA) is 50.2 Å². The summed E-state index contributed by atoms with van der Waals surface area (Å²) in [6.07, 6.45) is 5.16. The van der Waals surface area contributed by atoms with Crippen molar-refractivity contribution in [3.8, 4) is 0 Å². The van der Waals surface area contributed by atoms with Crippen LogP contribution < -0.4 is 15.8 Å². The van der Waals surface area contributed by atoms with E-state index in [1.807, 2.05) is 7.05 Å². The molecular weight excluding hydrogens is 252 g/mol. The highest BCUT2D eigenvalue weighted by Crippen LogP contribution is 2.27. The first kappa shape index (κ1) is 13.4. The molecule has 0 bridgehead atoms. The normalized spacial score (nSPS) is 20.2. The van der Waals surface area contributed by atoms with Gasteiger partial charge in [-0.2, -0.15) is 5.10 Å². The first-order valence-corrected chi connectivity index (χ1v) is 6.66. The first-order valence-electron chi connectivity index (χ1n) is 6.28. The zero-order valence-electron chi connectivity index (χ0n) is 10.8. The van der Waals surface area contributed by atoms with Gasteiger partial charge < -0.3 is 10.2 Å². The van der Waals surface area contributed by atoms with Crippen molar-refractivity contribution in [2.75, 3.05) is 25.0 Å². The van der Waals surface area contributed by atoms with Crippen LogP contribution in [0.4, 0.5) is 5.69 Å². The van der Waals surface area contributed by atoms with Gasteiger partial charge in [0.1, 0.15) is 5.02 Å². The molecule has 1 aliphatic rings. The van der Waals surface area contributed by atoms with Crippen molar-refractivity contribution in [2.24, 2.45) is 7.05 Å². The van der Waals surface area contributed by atoms with Crippen LogP contribution in [0, 0.1) is 0 Å². The van der Waals surface area contributed by atoms with E-state index >= 15 is 0 Å². The molecule has 6 heteroatoms. The zero-order valence-corrected chi connectivity index (χ0v) is 11.6. The minimum absolute atomic E-state index is 0.233. The Labute approximate surface area is 112 Å². The molecule has 2 rings (SSSR count). The second kappa shape index (κ2) is 5.71. The summed E-state index contributed by atoms with van der Waals surface area (Å²) >= 11 is 6.16. The fraction of sp³-hybridized carbons (Fsp3) is 0.667. The van der Waals surface area contributed by atoms with E-state index in [0.29, 0.717) is 6.04 Å². The molecule has 0 spiro atoms. The molecule has 0 radical (unpaired) electrons. The molecule has 2 heterocycles. The molecule has 1 aromatic heterocycles. The van der Waals surface area contributed by atoms with Crippen molar-refractivity contribution in [1.29, 1.82) is 0 Å². The summed E-state index contributed by atoms with van der Waals surface area (Å²) in [6, 6.07) is 0.384. The molecule has 1 aliphatic heterocycles. The molecule has 1 fully saturated rings. The Morgan fingerprint density at radius 2 is 2.33 bits per heavy atom. The maximum atomic E-state index is 11.8. The largest absolute Gasteiger partial charge is 0.365 e. The molecule has 0 aromatic carbocycles. The van der Waals surface area contributed by atoms with Crippen LogP contribution in [0.3, 0.4) is 0 Å². The van der Waals surface area contributed by atoms with Crippen LogP contribution in [0.15, 0.2) is 11.0 Å². The predicted molar refractivity (Wildman–Crippen MR) is 73.4 cm³/mol. The van der Waals surface area contributed by atoms with E-state index in [0.717, 1.165) is 31.6 Å². The molecule has 18 heavy (non-hydrogen) atoms. The third kappa shape index (κ3) is 2.52. The van der Waals surface area contributed by atoms with Crippen molar-refractivity contribution in [3.05, 3.63) is 21.6 Å².